The van der Waals surface area contributed by atoms with Crippen molar-refractivity contribution in [2.24, 2.45) is 0 Å². The minimum absolute atomic E-state index is 0.0977. The second-order valence-corrected chi connectivity index (χ2v) is 6.31. The molecule has 0 aliphatic carbocycles. The number of rotatable bonds is 7. The van der Waals surface area contributed by atoms with Gasteiger partial charge in [-0.25, -0.2) is 4.68 Å². The third-order valence-corrected chi connectivity index (χ3v) is 4.18. The molecule has 0 N–H and O–H groups in total. The Morgan fingerprint density at radius 3 is 2.57 bits per heavy atom. The quantitative estimate of drug-likeness (QED) is 0.694. The van der Waals surface area contributed by atoms with E-state index in [2.05, 4.69) is 10.1 Å². The third kappa shape index (κ3) is 5.69. The summed E-state index contributed by atoms with van der Waals surface area (Å²) in [7, 11) is 1.23. The normalized spacial score (nSPS) is 11.4. The molecule has 0 aromatic carbocycles. The highest BCUT2D eigenvalue weighted by atomic mass is 35.5. The molecule has 2 aromatic rings. The zero-order valence-electron chi connectivity index (χ0n) is 15.3. The molecule has 0 aliphatic rings. The fourth-order valence-electron chi connectivity index (χ4n) is 2.46. The van der Waals surface area contributed by atoms with E-state index >= 15 is 0 Å². The van der Waals surface area contributed by atoms with Crippen LogP contribution >= 0.6 is 11.6 Å². The summed E-state index contributed by atoms with van der Waals surface area (Å²) in [6.07, 6.45) is -1.54. The summed E-state index contributed by atoms with van der Waals surface area (Å²) in [6, 6.07) is 3.49. The first-order valence-electron chi connectivity index (χ1n) is 8.39. The van der Waals surface area contributed by atoms with E-state index < -0.39 is 18.5 Å². The standard InChI is InChI=1S/C17H19ClF3N5O2/c1-3-25(14(27)6-8-24(2)15(28)9-17(19,20)21)13-11-26(23-16(13)18)12-5-4-7-22-10-12/h4-5,7,10-11H,3,6,8-9H2,1-2H3. The highest BCUT2D eigenvalue weighted by Crippen LogP contribution is 2.26. The van der Waals surface area contributed by atoms with Crippen molar-refractivity contribution in [2.45, 2.75) is 25.9 Å². The molecule has 0 saturated carbocycles. The van der Waals surface area contributed by atoms with Gasteiger partial charge in [0.1, 0.15) is 12.1 Å². The van der Waals surface area contributed by atoms with Crippen molar-refractivity contribution in [1.82, 2.24) is 19.7 Å². The van der Waals surface area contributed by atoms with E-state index in [1.807, 2.05) is 0 Å². The lowest BCUT2D eigenvalue weighted by Crippen LogP contribution is -2.36. The van der Waals surface area contributed by atoms with Gasteiger partial charge in [-0.2, -0.15) is 18.3 Å². The maximum atomic E-state index is 12.5. The molecule has 28 heavy (non-hydrogen) atoms. The smallest absolute Gasteiger partial charge is 0.345 e. The van der Waals surface area contributed by atoms with Crippen LogP contribution in [0.1, 0.15) is 19.8 Å². The maximum absolute atomic E-state index is 12.5. The van der Waals surface area contributed by atoms with Crippen molar-refractivity contribution in [3.05, 3.63) is 35.9 Å². The lowest BCUT2D eigenvalue weighted by Gasteiger charge is -2.22. The summed E-state index contributed by atoms with van der Waals surface area (Å²) < 4.78 is 38.4. The van der Waals surface area contributed by atoms with Crippen LogP contribution in [-0.4, -0.2) is 57.8 Å². The van der Waals surface area contributed by atoms with Crippen molar-refractivity contribution < 1.29 is 22.8 Å². The Morgan fingerprint density at radius 2 is 2.00 bits per heavy atom. The van der Waals surface area contributed by atoms with E-state index in [9.17, 15) is 22.8 Å². The fraction of sp³-hybridized carbons (Fsp3) is 0.412. The highest BCUT2D eigenvalue weighted by Gasteiger charge is 2.32. The van der Waals surface area contributed by atoms with E-state index in [0.29, 0.717) is 11.4 Å². The number of pyridine rings is 1. The van der Waals surface area contributed by atoms with Crippen LogP contribution in [0, 0.1) is 0 Å². The Balaban J connectivity index is 2.06. The van der Waals surface area contributed by atoms with Gasteiger partial charge >= 0.3 is 6.18 Å². The Labute approximate surface area is 164 Å². The summed E-state index contributed by atoms with van der Waals surface area (Å²) in [4.78, 5) is 30.3. The molecule has 0 fully saturated rings. The number of carbonyl (C=O) groups is 2. The number of carbonyl (C=O) groups excluding carboxylic acids is 2. The predicted molar refractivity (Wildman–Crippen MR) is 97.3 cm³/mol. The molecule has 2 rings (SSSR count). The van der Waals surface area contributed by atoms with E-state index in [1.165, 1.54) is 16.6 Å². The van der Waals surface area contributed by atoms with Crippen LogP contribution in [0.2, 0.25) is 5.15 Å². The van der Waals surface area contributed by atoms with Crippen molar-refractivity contribution >= 4 is 29.1 Å². The van der Waals surface area contributed by atoms with Gasteiger partial charge in [-0.1, -0.05) is 11.6 Å². The number of aromatic nitrogens is 3. The molecule has 0 bridgehead atoms. The van der Waals surface area contributed by atoms with Gasteiger partial charge in [-0.15, -0.1) is 0 Å². The van der Waals surface area contributed by atoms with Gasteiger partial charge in [0.15, 0.2) is 5.15 Å². The number of hydrogen-bond acceptors (Lipinski definition) is 4. The topological polar surface area (TPSA) is 71.3 Å². The number of alkyl halides is 3. The molecule has 2 amide bonds. The van der Waals surface area contributed by atoms with Crippen LogP contribution in [0.4, 0.5) is 18.9 Å². The molecule has 11 heteroatoms. The number of hydrogen-bond donors (Lipinski definition) is 0. The Kier molecular flexibility index (Phi) is 7.00. The second-order valence-electron chi connectivity index (χ2n) is 5.96. The van der Waals surface area contributed by atoms with Crippen LogP contribution in [0.3, 0.4) is 0 Å². The minimum atomic E-state index is -4.58. The summed E-state index contributed by atoms with van der Waals surface area (Å²) >= 11 is 6.16. The third-order valence-electron chi connectivity index (χ3n) is 3.91. The van der Waals surface area contributed by atoms with E-state index in [1.54, 1.807) is 37.6 Å². The summed E-state index contributed by atoms with van der Waals surface area (Å²) in [6.45, 7) is 1.87. The molecule has 0 saturated heterocycles. The van der Waals surface area contributed by atoms with Crippen LogP contribution in [0.15, 0.2) is 30.7 Å². The molecule has 0 atom stereocenters. The molecule has 2 heterocycles. The number of halogens is 4. The first kappa shape index (κ1) is 21.7. The van der Waals surface area contributed by atoms with Crippen LogP contribution < -0.4 is 4.90 Å². The summed E-state index contributed by atoms with van der Waals surface area (Å²) in [5.74, 6) is -1.48. The average Bonchev–Trinajstić information content (AvgIpc) is 3.01. The Morgan fingerprint density at radius 1 is 1.29 bits per heavy atom. The largest absolute Gasteiger partial charge is 0.397 e. The van der Waals surface area contributed by atoms with Crippen molar-refractivity contribution in [3.8, 4) is 5.69 Å². The lowest BCUT2D eigenvalue weighted by molar-refractivity contribution is -0.160. The van der Waals surface area contributed by atoms with E-state index in [-0.39, 0.29) is 30.6 Å². The average molecular weight is 418 g/mol. The van der Waals surface area contributed by atoms with Gasteiger partial charge in [-0.3, -0.25) is 14.6 Å². The number of anilines is 1. The van der Waals surface area contributed by atoms with Gasteiger partial charge in [0.2, 0.25) is 11.8 Å². The molecular formula is C17H19ClF3N5O2. The van der Waals surface area contributed by atoms with Crippen LogP contribution in [0.5, 0.6) is 0 Å². The SMILES string of the molecule is CCN(C(=O)CCN(C)C(=O)CC(F)(F)F)c1cn(-c2cccnc2)nc1Cl. The zero-order valence-corrected chi connectivity index (χ0v) is 16.0. The maximum Gasteiger partial charge on any atom is 0.397 e. The summed E-state index contributed by atoms with van der Waals surface area (Å²) in [5.41, 5.74) is 1.01. The van der Waals surface area contributed by atoms with Crippen molar-refractivity contribution in [1.29, 1.82) is 0 Å². The number of amides is 2. The molecular weight excluding hydrogens is 399 g/mol. The predicted octanol–water partition coefficient (Wildman–Crippen LogP) is 3.07. The Hall–Kier alpha value is -2.62. The minimum Gasteiger partial charge on any atom is -0.345 e. The van der Waals surface area contributed by atoms with Gasteiger partial charge < -0.3 is 9.80 Å². The van der Waals surface area contributed by atoms with Crippen LogP contribution in [0.25, 0.3) is 5.69 Å². The fourth-order valence-corrected chi connectivity index (χ4v) is 2.69. The Bertz CT molecular complexity index is 826. The van der Waals surface area contributed by atoms with E-state index in [4.69, 9.17) is 11.6 Å². The van der Waals surface area contributed by atoms with Gasteiger partial charge in [0.05, 0.1) is 18.1 Å². The van der Waals surface area contributed by atoms with Gasteiger partial charge in [0.25, 0.3) is 0 Å². The summed E-state index contributed by atoms with van der Waals surface area (Å²) in [5, 5.41) is 4.25. The molecule has 0 spiro atoms. The van der Waals surface area contributed by atoms with Crippen LogP contribution in [-0.2, 0) is 9.59 Å². The van der Waals surface area contributed by atoms with Crippen molar-refractivity contribution in [3.63, 3.8) is 0 Å². The number of nitrogens with zero attached hydrogens (tertiary/aromatic N) is 5. The van der Waals surface area contributed by atoms with Gasteiger partial charge in [-0.05, 0) is 19.1 Å². The highest BCUT2D eigenvalue weighted by molar-refractivity contribution is 6.32. The van der Waals surface area contributed by atoms with Gasteiger partial charge in [0, 0.05) is 32.8 Å². The molecule has 2 aromatic heterocycles. The lowest BCUT2D eigenvalue weighted by atomic mass is 10.3. The molecule has 0 aliphatic heterocycles. The first-order chi connectivity index (χ1) is 13.1. The molecule has 0 unspecified atom stereocenters. The molecule has 7 nitrogen and oxygen atoms in total. The zero-order chi connectivity index (χ0) is 20.9. The van der Waals surface area contributed by atoms with E-state index in [0.717, 1.165) is 4.90 Å². The second kappa shape index (κ2) is 9.05. The first-order valence-corrected chi connectivity index (χ1v) is 8.76. The monoisotopic (exact) mass is 417 g/mol. The molecule has 0 radical (unpaired) electrons. The molecule has 152 valence electrons. The van der Waals surface area contributed by atoms with Crippen molar-refractivity contribution in [2.75, 3.05) is 25.0 Å².